The van der Waals surface area contributed by atoms with Crippen molar-refractivity contribution in [1.29, 1.82) is 0 Å². The van der Waals surface area contributed by atoms with Crippen LogP contribution in [-0.4, -0.2) is 21.5 Å². The highest BCUT2D eigenvalue weighted by Crippen LogP contribution is 2.14. The summed E-state index contributed by atoms with van der Waals surface area (Å²) in [6.07, 6.45) is 1.68. The Morgan fingerprint density at radius 3 is 2.88 bits per heavy atom. The Balaban J connectivity index is 2.19. The molecular weight excluding hydrogens is 206 g/mol. The summed E-state index contributed by atoms with van der Waals surface area (Å²) in [7, 11) is 0. The molecule has 0 saturated carbocycles. The molecule has 0 spiro atoms. The topological polar surface area (TPSA) is 64.1 Å². The number of esters is 1. The SMILES string of the molecule is CC(C)(C)OC(=O)c1ncc2c(n1)CNC2. The highest BCUT2D eigenvalue weighted by molar-refractivity contribution is 5.85. The van der Waals surface area contributed by atoms with Crippen LogP contribution >= 0.6 is 0 Å². The molecule has 0 saturated heterocycles. The van der Waals surface area contributed by atoms with Gasteiger partial charge >= 0.3 is 5.97 Å². The number of nitrogens with one attached hydrogen (secondary N) is 1. The third-order valence-electron chi connectivity index (χ3n) is 2.14. The number of nitrogens with zero attached hydrogens (tertiary/aromatic N) is 2. The number of rotatable bonds is 1. The molecule has 0 fully saturated rings. The van der Waals surface area contributed by atoms with E-state index in [-0.39, 0.29) is 5.82 Å². The largest absolute Gasteiger partial charge is 0.454 e. The molecule has 2 heterocycles. The van der Waals surface area contributed by atoms with Crippen LogP contribution in [-0.2, 0) is 17.8 Å². The van der Waals surface area contributed by atoms with Gasteiger partial charge in [0.05, 0.1) is 5.69 Å². The van der Waals surface area contributed by atoms with Crippen molar-refractivity contribution in [3.8, 4) is 0 Å². The summed E-state index contributed by atoms with van der Waals surface area (Å²) in [6.45, 7) is 6.91. The van der Waals surface area contributed by atoms with Crippen LogP contribution in [0.25, 0.3) is 0 Å². The van der Waals surface area contributed by atoms with E-state index in [0.29, 0.717) is 6.54 Å². The second-order valence-electron chi connectivity index (χ2n) is 4.77. The number of hydrogen-bond acceptors (Lipinski definition) is 5. The molecule has 5 heteroatoms. The average molecular weight is 221 g/mol. The fourth-order valence-electron chi connectivity index (χ4n) is 1.48. The first-order chi connectivity index (χ1) is 7.46. The summed E-state index contributed by atoms with van der Waals surface area (Å²) in [4.78, 5) is 19.9. The smallest absolute Gasteiger partial charge is 0.376 e. The van der Waals surface area contributed by atoms with Gasteiger partial charge in [0.15, 0.2) is 0 Å². The van der Waals surface area contributed by atoms with Crippen molar-refractivity contribution in [2.24, 2.45) is 0 Å². The minimum atomic E-state index is -0.516. The average Bonchev–Trinajstić information content (AvgIpc) is 2.61. The fourth-order valence-corrected chi connectivity index (χ4v) is 1.48. The summed E-state index contributed by atoms with van der Waals surface area (Å²) in [5.41, 5.74) is 1.42. The number of fused-ring (bicyclic) bond motifs is 1. The Morgan fingerprint density at radius 2 is 2.19 bits per heavy atom. The van der Waals surface area contributed by atoms with Gasteiger partial charge in [-0.2, -0.15) is 0 Å². The molecule has 0 radical (unpaired) electrons. The lowest BCUT2D eigenvalue weighted by atomic mass is 10.2. The molecule has 1 aliphatic rings. The Bertz CT molecular complexity index is 424. The lowest BCUT2D eigenvalue weighted by molar-refractivity contribution is 0.00552. The Morgan fingerprint density at radius 1 is 1.44 bits per heavy atom. The van der Waals surface area contributed by atoms with Crippen LogP contribution in [0.4, 0.5) is 0 Å². The van der Waals surface area contributed by atoms with Gasteiger partial charge in [0.25, 0.3) is 0 Å². The third kappa shape index (κ3) is 2.36. The first-order valence-corrected chi connectivity index (χ1v) is 5.24. The van der Waals surface area contributed by atoms with Gasteiger partial charge in [-0.3, -0.25) is 0 Å². The minimum absolute atomic E-state index is 0.136. The van der Waals surface area contributed by atoms with E-state index in [0.717, 1.165) is 17.8 Å². The summed E-state index contributed by atoms with van der Waals surface area (Å²) in [5, 5.41) is 3.15. The minimum Gasteiger partial charge on any atom is -0.454 e. The molecule has 5 nitrogen and oxygen atoms in total. The molecule has 0 unspecified atom stereocenters. The van der Waals surface area contributed by atoms with Gasteiger partial charge in [0.1, 0.15) is 5.60 Å². The lowest BCUT2D eigenvalue weighted by Gasteiger charge is -2.18. The second kappa shape index (κ2) is 3.83. The van der Waals surface area contributed by atoms with Gasteiger partial charge in [-0.05, 0) is 20.8 Å². The number of carbonyl (C=O) groups is 1. The zero-order chi connectivity index (χ0) is 11.8. The molecule has 1 N–H and O–H groups in total. The van der Waals surface area contributed by atoms with Crippen molar-refractivity contribution in [2.75, 3.05) is 0 Å². The normalized spacial score (nSPS) is 14.7. The van der Waals surface area contributed by atoms with Gasteiger partial charge in [-0.25, -0.2) is 14.8 Å². The third-order valence-corrected chi connectivity index (χ3v) is 2.14. The summed E-state index contributed by atoms with van der Waals surface area (Å²) < 4.78 is 5.20. The quantitative estimate of drug-likeness (QED) is 0.718. The molecule has 0 bridgehead atoms. The fraction of sp³-hybridized carbons (Fsp3) is 0.545. The van der Waals surface area contributed by atoms with E-state index >= 15 is 0 Å². The van der Waals surface area contributed by atoms with Gasteiger partial charge < -0.3 is 10.1 Å². The maximum atomic E-state index is 11.7. The van der Waals surface area contributed by atoms with Crippen molar-refractivity contribution in [2.45, 2.75) is 39.5 Å². The molecule has 16 heavy (non-hydrogen) atoms. The van der Waals surface area contributed by atoms with E-state index in [4.69, 9.17) is 4.74 Å². The van der Waals surface area contributed by atoms with Gasteiger partial charge in [0.2, 0.25) is 5.82 Å². The molecule has 1 aromatic rings. The van der Waals surface area contributed by atoms with Crippen LogP contribution < -0.4 is 5.32 Å². The maximum Gasteiger partial charge on any atom is 0.376 e. The van der Waals surface area contributed by atoms with Crippen molar-refractivity contribution in [1.82, 2.24) is 15.3 Å². The van der Waals surface area contributed by atoms with Crippen LogP contribution in [0.5, 0.6) is 0 Å². The standard InChI is InChI=1S/C11H15N3O2/c1-11(2,3)16-10(15)9-13-5-7-4-12-6-8(7)14-9/h5,12H,4,6H2,1-3H3. The van der Waals surface area contributed by atoms with E-state index in [1.54, 1.807) is 6.20 Å². The predicted molar refractivity (Wildman–Crippen MR) is 57.7 cm³/mol. The number of ether oxygens (including phenoxy) is 1. The van der Waals surface area contributed by atoms with Gasteiger partial charge in [-0.15, -0.1) is 0 Å². The lowest BCUT2D eigenvalue weighted by Crippen LogP contribution is -2.25. The first-order valence-electron chi connectivity index (χ1n) is 5.24. The Labute approximate surface area is 94.2 Å². The number of aromatic nitrogens is 2. The van der Waals surface area contributed by atoms with Crippen molar-refractivity contribution in [3.63, 3.8) is 0 Å². The highest BCUT2D eigenvalue weighted by atomic mass is 16.6. The van der Waals surface area contributed by atoms with Crippen LogP contribution in [0, 0.1) is 0 Å². The van der Waals surface area contributed by atoms with E-state index in [2.05, 4.69) is 15.3 Å². The van der Waals surface area contributed by atoms with E-state index in [1.807, 2.05) is 20.8 Å². The van der Waals surface area contributed by atoms with Crippen molar-refractivity contribution < 1.29 is 9.53 Å². The van der Waals surface area contributed by atoms with E-state index < -0.39 is 11.6 Å². The molecule has 86 valence electrons. The molecule has 2 rings (SSSR count). The summed E-state index contributed by atoms with van der Waals surface area (Å²) in [5.74, 6) is -0.334. The van der Waals surface area contributed by atoms with Crippen LogP contribution in [0.3, 0.4) is 0 Å². The molecule has 0 atom stereocenters. The molecule has 1 aromatic heterocycles. The number of carbonyl (C=O) groups excluding carboxylic acids is 1. The molecule has 1 aliphatic heterocycles. The van der Waals surface area contributed by atoms with Crippen molar-refractivity contribution in [3.05, 3.63) is 23.3 Å². The predicted octanol–water partition coefficient (Wildman–Crippen LogP) is 1.04. The molecule has 0 aromatic carbocycles. The maximum absolute atomic E-state index is 11.7. The van der Waals surface area contributed by atoms with Crippen molar-refractivity contribution >= 4 is 5.97 Å². The Hall–Kier alpha value is -1.49. The first kappa shape index (κ1) is 11.0. The van der Waals surface area contributed by atoms with E-state index in [1.165, 1.54) is 0 Å². The monoisotopic (exact) mass is 221 g/mol. The van der Waals surface area contributed by atoms with Crippen LogP contribution in [0.2, 0.25) is 0 Å². The summed E-state index contributed by atoms with van der Waals surface area (Å²) >= 11 is 0. The number of hydrogen-bond donors (Lipinski definition) is 1. The highest BCUT2D eigenvalue weighted by Gasteiger charge is 2.22. The molecule has 0 aliphatic carbocycles. The zero-order valence-corrected chi connectivity index (χ0v) is 9.70. The summed E-state index contributed by atoms with van der Waals surface area (Å²) in [6, 6.07) is 0. The second-order valence-corrected chi connectivity index (χ2v) is 4.77. The van der Waals surface area contributed by atoms with Gasteiger partial charge in [-0.1, -0.05) is 0 Å². The Kier molecular flexibility index (Phi) is 2.63. The molecule has 0 amide bonds. The zero-order valence-electron chi connectivity index (χ0n) is 9.70. The molecular formula is C11H15N3O2. The van der Waals surface area contributed by atoms with E-state index in [9.17, 15) is 4.79 Å². The van der Waals surface area contributed by atoms with Gasteiger partial charge in [0, 0.05) is 24.8 Å². The van der Waals surface area contributed by atoms with Crippen LogP contribution in [0.15, 0.2) is 6.20 Å². The van der Waals surface area contributed by atoms with Crippen LogP contribution in [0.1, 0.15) is 42.6 Å².